The van der Waals surface area contributed by atoms with Crippen molar-refractivity contribution in [2.24, 2.45) is 0 Å². The maximum absolute atomic E-state index is 14.2. The summed E-state index contributed by atoms with van der Waals surface area (Å²) in [5.74, 6) is -1.05. The molecule has 0 aromatic carbocycles. The van der Waals surface area contributed by atoms with E-state index in [9.17, 15) is 9.18 Å². The molecule has 1 N–H and O–H groups in total. The number of carbonyl (C=O) groups excluding carboxylic acids is 1. The fourth-order valence-electron chi connectivity index (χ4n) is 3.67. The summed E-state index contributed by atoms with van der Waals surface area (Å²) in [5.41, 5.74) is 0.551. The van der Waals surface area contributed by atoms with Crippen molar-refractivity contribution in [2.45, 2.75) is 117 Å². The van der Waals surface area contributed by atoms with Crippen LogP contribution in [0.5, 0.6) is 0 Å². The van der Waals surface area contributed by atoms with Gasteiger partial charge in [-0.3, -0.25) is 0 Å². The molecule has 0 saturated heterocycles. The number of H-pyrrole nitrogens is 1. The molecular weight excluding hydrogens is 353 g/mol. The lowest BCUT2D eigenvalue weighted by molar-refractivity contribution is 0.0514. The van der Waals surface area contributed by atoms with Crippen LogP contribution in [0.3, 0.4) is 0 Å². The van der Waals surface area contributed by atoms with Gasteiger partial charge in [0.15, 0.2) is 11.5 Å². The Balaban J connectivity index is 1.93. The van der Waals surface area contributed by atoms with E-state index in [1.165, 1.54) is 83.5 Å². The largest absolute Gasteiger partial charge is 0.461 e. The van der Waals surface area contributed by atoms with Crippen LogP contribution in [0.15, 0.2) is 6.20 Å². The molecule has 0 radical (unpaired) electrons. The normalized spacial score (nSPS) is 11.1. The van der Waals surface area contributed by atoms with Crippen LogP contribution in [0.2, 0.25) is 0 Å². The number of nitrogens with one attached hydrogen (secondary N) is 1. The smallest absolute Gasteiger partial charge is 0.357 e. The maximum atomic E-state index is 14.2. The first-order valence-electron chi connectivity index (χ1n) is 11.7. The van der Waals surface area contributed by atoms with E-state index in [-0.39, 0.29) is 12.3 Å². The minimum absolute atomic E-state index is 0.0437. The van der Waals surface area contributed by atoms with Crippen LogP contribution in [0, 0.1) is 5.82 Å². The summed E-state index contributed by atoms with van der Waals surface area (Å²) in [6.07, 6.45) is 22.1. The Morgan fingerprint density at radius 1 is 0.821 bits per heavy atom. The molecule has 0 amide bonds. The van der Waals surface area contributed by atoms with E-state index in [4.69, 9.17) is 4.74 Å². The molecule has 1 rings (SSSR count). The van der Waals surface area contributed by atoms with Crippen LogP contribution >= 0.6 is 0 Å². The lowest BCUT2D eigenvalue weighted by Gasteiger charge is -2.03. The zero-order chi connectivity index (χ0) is 20.5. The molecule has 1 aromatic heterocycles. The summed E-state index contributed by atoms with van der Waals surface area (Å²) in [4.78, 5) is 14.3. The second-order valence-electron chi connectivity index (χ2n) is 7.92. The minimum Gasteiger partial charge on any atom is -0.461 e. The Labute approximate surface area is 171 Å². The molecule has 28 heavy (non-hydrogen) atoms. The van der Waals surface area contributed by atoms with Crippen LogP contribution in [0.4, 0.5) is 4.39 Å². The first-order chi connectivity index (χ1) is 13.7. The Kier molecular flexibility index (Phi) is 14.7. The third-order valence-electron chi connectivity index (χ3n) is 5.42. The van der Waals surface area contributed by atoms with Gasteiger partial charge in [0.05, 0.1) is 6.61 Å². The van der Waals surface area contributed by atoms with Gasteiger partial charge in [-0.2, -0.15) is 0 Å². The number of esters is 1. The lowest BCUT2D eigenvalue weighted by atomic mass is 10.0. The second-order valence-corrected chi connectivity index (χ2v) is 7.92. The SMILES string of the molecule is CCCCCCCCCCCCCCCCCc1c[nH]c(C(=O)OCC)c1F. The predicted molar refractivity (Wildman–Crippen MR) is 115 cm³/mol. The standard InChI is InChI=1S/C24H42FNO2/c1-3-5-6-7-8-9-10-11-12-13-14-15-16-17-18-19-21-20-26-23(22(21)25)24(27)28-4-2/h20,26H,3-19H2,1-2H3. The van der Waals surface area contributed by atoms with E-state index in [1.54, 1.807) is 13.1 Å². The Morgan fingerprint density at radius 3 is 1.75 bits per heavy atom. The third-order valence-corrected chi connectivity index (χ3v) is 5.42. The Hall–Kier alpha value is -1.32. The molecule has 0 aliphatic heterocycles. The molecule has 4 heteroatoms. The first-order valence-corrected chi connectivity index (χ1v) is 11.7. The van der Waals surface area contributed by atoms with Gasteiger partial charge in [0.2, 0.25) is 0 Å². The molecule has 1 heterocycles. The zero-order valence-electron chi connectivity index (χ0n) is 18.3. The third kappa shape index (κ3) is 10.9. The maximum Gasteiger partial charge on any atom is 0.357 e. The van der Waals surface area contributed by atoms with E-state index in [1.807, 2.05) is 0 Å². The molecule has 0 bridgehead atoms. The first kappa shape index (κ1) is 24.7. The number of aryl methyl sites for hydroxylation is 1. The number of ether oxygens (including phenoxy) is 1. The van der Waals surface area contributed by atoms with Crippen molar-refractivity contribution in [3.63, 3.8) is 0 Å². The van der Waals surface area contributed by atoms with E-state index < -0.39 is 11.8 Å². The Morgan fingerprint density at radius 2 is 1.29 bits per heavy atom. The van der Waals surface area contributed by atoms with Crippen molar-refractivity contribution in [2.75, 3.05) is 6.61 Å². The molecule has 0 atom stereocenters. The summed E-state index contributed by atoms with van der Waals surface area (Å²) >= 11 is 0. The molecule has 0 aliphatic carbocycles. The molecule has 3 nitrogen and oxygen atoms in total. The number of aromatic amines is 1. The highest BCUT2D eigenvalue weighted by atomic mass is 19.1. The van der Waals surface area contributed by atoms with E-state index >= 15 is 0 Å². The van der Waals surface area contributed by atoms with Gasteiger partial charge in [0.25, 0.3) is 0 Å². The van der Waals surface area contributed by atoms with Crippen molar-refractivity contribution in [1.29, 1.82) is 0 Å². The monoisotopic (exact) mass is 395 g/mol. The molecule has 0 unspecified atom stereocenters. The quantitative estimate of drug-likeness (QED) is 0.204. The molecule has 1 aromatic rings. The molecule has 0 saturated carbocycles. The summed E-state index contributed by atoms with van der Waals surface area (Å²) < 4.78 is 19.0. The van der Waals surface area contributed by atoms with Crippen molar-refractivity contribution < 1.29 is 13.9 Å². The second kappa shape index (κ2) is 16.6. The number of halogens is 1. The van der Waals surface area contributed by atoms with Crippen LogP contribution in [0.25, 0.3) is 0 Å². The number of hydrogen-bond donors (Lipinski definition) is 1. The highest BCUT2D eigenvalue weighted by Crippen LogP contribution is 2.17. The number of rotatable bonds is 18. The van der Waals surface area contributed by atoms with Crippen LogP contribution in [-0.2, 0) is 11.2 Å². The molecule has 0 aliphatic rings. The Bertz CT molecular complexity index is 513. The van der Waals surface area contributed by atoms with E-state index in [0.717, 1.165) is 12.8 Å². The average Bonchev–Trinajstić information content (AvgIpc) is 3.05. The topological polar surface area (TPSA) is 42.1 Å². The van der Waals surface area contributed by atoms with Crippen molar-refractivity contribution >= 4 is 5.97 Å². The van der Waals surface area contributed by atoms with Crippen molar-refractivity contribution in [1.82, 2.24) is 4.98 Å². The number of hydrogen-bond acceptors (Lipinski definition) is 2. The van der Waals surface area contributed by atoms with Crippen molar-refractivity contribution in [3.05, 3.63) is 23.3 Å². The molecule has 162 valence electrons. The number of aromatic nitrogens is 1. The fraction of sp³-hybridized carbons (Fsp3) is 0.792. The molecular formula is C24H42FNO2. The minimum atomic E-state index is -0.609. The predicted octanol–water partition coefficient (Wildman–Crippen LogP) is 7.74. The van der Waals surface area contributed by atoms with Gasteiger partial charge in [-0.25, -0.2) is 9.18 Å². The van der Waals surface area contributed by atoms with Crippen LogP contribution in [0.1, 0.15) is 126 Å². The van der Waals surface area contributed by atoms with Crippen LogP contribution in [-0.4, -0.2) is 17.6 Å². The van der Waals surface area contributed by atoms with E-state index in [2.05, 4.69) is 11.9 Å². The van der Waals surface area contributed by atoms with E-state index in [0.29, 0.717) is 12.0 Å². The van der Waals surface area contributed by atoms with Gasteiger partial charge in [0, 0.05) is 11.8 Å². The summed E-state index contributed by atoms with van der Waals surface area (Å²) in [6, 6.07) is 0. The average molecular weight is 396 g/mol. The summed E-state index contributed by atoms with van der Waals surface area (Å²) in [5, 5.41) is 0. The van der Waals surface area contributed by atoms with Gasteiger partial charge >= 0.3 is 5.97 Å². The van der Waals surface area contributed by atoms with Gasteiger partial charge in [-0.1, -0.05) is 96.8 Å². The lowest BCUT2D eigenvalue weighted by Crippen LogP contribution is -2.07. The van der Waals surface area contributed by atoms with Crippen molar-refractivity contribution in [3.8, 4) is 0 Å². The van der Waals surface area contributed by atoms with Gasteiger partial charge in [-0.15, -0.1) is 0 Å². The van der Waals surface area contributed by atoms with Gasteiger partial charge in [0.1, 0.15) is 0 Å². The summed E-state index contributed by atoms with van der Waals surface area (Å²) in [7, 11) is 0. The molecule has 0 spiro atoms. The van der Waals surface area contributed by atoms with Gasteiger partial charge < -0.3 is 9.72 Å². The molecule has 0 fully saturated rings. The summed E-state index contributed by atoms with van der Waals surface area (Å²) in [6.45, 7) is 4.24. The fourth-order valence-corrected chi connectivity index (χ4v) is 3.67. The number of carbonyl (C=O) groups is 1. The van der Waals surface area contributed by atoms with Crippen LogP contribution < -0.4 is 0 Å². The zero-order valence-corrected chi connectivity index (χ0v) is 18.3. The highest BCUT2D eigenvalue weighted by Gasteiger charge is 2.18. The highest BCUT2D eigenvalue weighted by molar-refractivity contribution is 5.88. The van der Waals surface area contributed by atoms with Gasteiger partial charge in [-0.05, 0) is 19.8 Å². The number of unbranched alkanes of at least 4 members (excludes halogenated alkanes) is 14.